The zero-order valence-corrected chi connectivity index (χ0v) is 18.2. The van der Waals surface area contributed by atoms with E-state index in [0.29, 0.717) is 26.1 Å². The van der Waals surface area contributed by atoms with E-state index >= 15 is 0 Å². The maximum Gasteiger partial charge on any atom is 0.239 e. The molecule has 1 aliphatic heterocycles. The quantitative estimate of drug-likeness (QED) is 0.679. The second-order valence-corrected chi connectivity index (χ2v) is 10.5. The molecule has 30 heavy (non-hydrogen) atoms. The summed E-state index contributed by atoms with van der Waals surface area (Å²) in [5.74, 6) is 0.0890. The van der Waals surface area contributed by atoms with E-state index in [1.165, 1.54) is 5.56 Å². The number of hydrogen-bond acceptors (Lipinski definition) is 4. The predicted octanol–water partition coefficient (Wildman–Crippen LogP) is 2.65. The third kappa shape index (κ3) is 4.37. The molecule has 4 rings (SSSR count). The number of sulfonamides is 1. The Balaban J connectivity index is 1.34. The lowest BCUT2D eigenvalue weighted by atomic mass is 9.96. The summed E-state index contributed by atoms with van der Waals surface area (Å²) < 4.78 is 25.9. The molecule has 0 unspecified atom stereocenters. The van der Waals surface area contributed by atoms with Crippen LogP contribution in [0.4, 0.5) is 5.69 Å². The highest BCUT2D eigenvalue weighted by atomic mass is 32.2. The van der Waals surface area contributed by atoms with Gasteiger partial charge in [0, 0.05) is 30.7 Å². The molecule has 0 radical (unpaired) electrons. The van der Waals surface area contributed by atoms with Crippen molar-refractivity contribution < 1.29 is 13.2 Å². The monoisotopic (exact) mass is 427 g/mol. The molecule has 1 saturated carbocycles. The molecule has 2 aromatic carbocycles. The van der Waals surface area contributed by atoms with Gasteiger partial charge in [0.25, 0.3) is 0 Å². The van der Waals surface area contributed by atoms with Gasteiger partial charge in [-0.2, -0.15) is 4.31 Å². The highest BCUT2D eigenvalue weighted by molar-refractivity contribution is 7.89. The van der Waals surface area contributed by atoms with Gasteiger partial charge in [0.15, 0.2) is 0 Å². The number of carbonyl (C=O) groups is 1. The third-order valence-corrected chi connectivity index (χ3v) is 8.12. The molecule has 0 atom stereocenters. The summed E-state index contributed by atoms with van der Waals surface area (Å²) in [7, 11) is -3.19. The van der Waals surface area contributed by atoms with Gasteiger partial charge in [0.2, 0.25) is 15.9 Å². The first-order valence-electron chi connectivity index (χ1n) is 10.6. The molecule has 6 nitrogen and oxygen atoms in total. The molecular formula is C23H29N3O3S. The molecule has 2 aromatic rings. The lowest BCUT2D eigenvalue weighted by Crippen LogP contribution is -2.38. The Bertz CT molecular complexity index is 1020. The van der Waals surface area contributed by atoms with Crippen LogP contribution in [0.25, 0.3) is 0 Å². The van der Waals surface area contributed by atoms with Crippen molar-refractivity contribution in [3.8, 4) is 0 Å². The standard InChI is InChI=1S/C23H29N3O3S/c1-2-30(28,29)26-14-11-20-18(16-26)7-6-10-21(20)24-15-22(27)25-17-23(12-13-23)19-8-4-3-5-9-19/h3-10,24H,2,11-17H2,1H3,(H,25,27). The van der Waals surface area contributed by atoms with Crippen LogP contribution in [0.15, 0.2) is 48.5 Å². The van der Waals surface area contributed by atoms with E-state index in [1.54, 1.807) is 11.2 Å². The molecule has 2 N–H and O–H groups in total. The van der Waals surface area contributed by atoms with Crippen LogP contribution < -0.4 is 10.6 Å². The minimum absolute atomic E-state index is 0.0270. The topological polar surface area (TPSA) is 78.5 Å². The number of rotatable bonds is 8. The molecule has 7 heteroatoms. The van der Waals surface area contributed by atoms with Crippen molar-refractivity contribution in [1.29, 1.82) is 0 Å². The van der Waals surface area contributed by atoms with Crippen molar-refractivity contribution in [2.45, 2.75) is 38.1 Å². The fourth-order valence-electron chi connectivity index (χ4n) is 4.19. The Morgan fingerprint density at radius 3 is 2.57 bits per heavy atom. The Kier molecular flexibility index (Phi) is 5.84. The number of fused-ring (bicyclic) bond motifs is 1. The number of nitrogens with one attached hydrogen (secondary N) is 2. The van der Waals surface area contributed by atoms with Crippen molar-refractivity contribution in [3.05, 3.63) is 65.2 Å². The van der Waals surface area contributed by atoms with E-state index in [0.717, 1.165) is 29.7 Å². The number of carbonyl (C=O) groups excluding carboxylic acids is 1. The van der Waals surface area contributed by atoms with Crippen LogP contribution in [-0.4, -0.2) is 44.0 Å². The van der Waals surface area contributed by atoms with Crippen molar-refractivity contribution in [2.75, 3.05) is 30.7 Å². The molecule has 1 amide bonds. The minimum Gasteiger partial charge on any atom is -0.376 e. The number of hydrogen-bond donors (Lipinski definition) is 2. The van der Waals surface area contributed by atoms with Gasteiger partial charge in [-0.25, -0.2) is 8.42 Å². The molecule has 0 aromatic heterocycles. The molecule has 1 heterocycles. The molecule has 0 saturated heterocycles. The average molecular weight is 428 g/mol. The molecular weight excluding hydrogens is 398 g/mol. The van der Waals surface area contributed by atoms with E-state index in [-0.39, 0.29) is 23.6 Å². The highest BCUT2D eigenvalue weighted by Crippen LogP contribution is 2.47. The van der Waals surface area contributed by atoms with Gasteiger partial charge < -0.3 is 10.6 Å². The fourth-order valence-corrected chi connectivity index (χ4v) is 5.26. The van der Waals surface area contributed by atoms with Crippen LogP contribution >= 0.6 is 0 Å². The van der Waals surface area contributed by atoms with E-state index in [1.807, 2.05) is 36.4 Å². The summed E-state index contributed by atoms with van der Waals surface area (Å²) in [4.78, 5) is 12.5. The van der Waals surface area contributed by atoms with Gasteiger partial charge in [-0.3, -0.25) is 4.79 Å². The zero-order valence-electron chi connectivity index (χ0n) is 17.4. The number of nitrogens with zero attached hydrogens (tertiary/aromatic N) is 1. The summed E-state index contributed by atoms with van der Waals surface area (Å²) in [5.41, 5.74) is 4.42. The van der Waals surface area contributed by atoms with Gasteiger partial charge >= 0.3 is 0 Å². The smallest absolute Gasteiger partial charge is 0.239 e. The maximum atomic E-state index is 12.5. The maximum absolute atomic E-state index is 12.5. The lowest BCUT2D eigenvalue weighted by molar-refractivity contribution is -0.119. The first kappa shape index (κ1) is 20.9. The Morgan fingerprint density at radius 1 is 1.10 bits per heavy atom. The van der Waals surface area contributed by atoms with Crippen LogP contribution in [0.3, 0.4) is 0 Å². The van der Waals surface area contributed by atoms with Crippen molar-refractivity contribution in [1.82, 2.24) is 9.62 Å². The summed E-state index contributed by atoms with van der Waals surface area (Å²) in [6.07, 6.45) is 2.86. The van der Waals surface area contributed by atoms with E-state index in [9.17, 15) is 13.2 Å². The SMILES string of the molecule is CCS(=O)(=O)N1CCc2c(cccc2NCC(=O)NCC2(c3ccccc3)CC2)C1. The molecule has 1 aliphatic carbocycles. The largest absolute Gasteiger partial charge is 0.376 e. The second kappa shape index (κ2) is 8.40. The zero-order chi connectivity index (χ0) is 21.2. The lowest BCUT2D eigenvalue weighted by Gasteiger charge is -2.29. The van der Waals surface area contributed by atoms with Crippen LogP contribution in [0, 0.1) is 0 Å². The van der Waals surface area contributed by atoms with E-state index in [2.05, 4.69) is 22.8 Å². The molecule has 1 fully saturated rings. The normalized spacial score (nSPS) is 17.8. The van der Waals surface area contributed by atoms with Crippen LogP contribution in [0.2, 0.25) is 0 Å². The summed E-state index contributed by atoms with van der Waals surface area (Å²) >= 11 is 0. The van der Waals surface area contributed by atoms with Crippen LogP contribution in [0.1, 0.15) is 36.5 Å². The predicted molar refractivity (Wildman–Crippen MR) is 119 cm³/mol. The molecule has 0 spiro atoms. The van der Waals surface area contributed by atoms with Crippen molar-refractivity contribution in [3.63, 3.8) is 0 Å². The highest BCUT2D eigenvalue weighted by Gasteiger charge is 2.44. The summed E-state index contributed by atoms with van der Waals surface area (Å²) in [6.45, 7) is 3.41. The molecule has 2 aliphatic rings. The first-order valence-corrected chi connectivity index (χ1v) is 12.2. The molecule has 0 bridgehead atoms. The van der Waals surface area contributed by atoms with Crippen molar-refractivity contribution >= 4 is 21.6 Å². The Labute approximate surface area is 178 Å². The second-order valence-electron chi connectivity index (χ2n) is 8.20. The number of benzene rings is 2. The van der Waals surface area contributed by atoms with Crippen molar-refractivity contribution in [2.24, 2.45) is 0 Å². The number of amides is 1. The van der Waals surface area contributed by atoms with Gasteiger partial charge in [-0.15, -0.1) is 0 Å². The van der Waals surface area contributed by atoms with Gasteiger partial charge in [-0.05, 0) is 48.9 Å². The first-order chi connectivity index (χ1) is 14.4. The average Bonchev–Trinajstić information content (AvgIpc) is 3.57. The number of anilines is 1. The molecule has 160 valence electrons. The van der Waals surface area contributed by atoms with E-state index in [4.69, 9.17) is 0 Å². The third-order valence-electron chi connectivity index (χ3n) is 6.29. The van der Waals surface area contributed by atoms with Crippen LogP contribution in [0.5, 0.6) is 0 Å². The van der Waals surface area contributed by atoms with E-state index < -0.39 is 10.0 Å². The Hall–Kier alpha value is -2.38. The van der Waals surface area contributed by atoms with Gasteiger partial charge in [-0.1, -0.05) is 42.5 Å². The Morgan fingerprint density at radius 2 is 1.87 bits per heavy atom. The van der Waals surface area contributed by atoms with Gasteiger partial charge in [0.05, 0.1) is 12.3 Å². The fraction of sp³-hybridized carbons (Fsp3) is 0.435. The summed E-state index contributed by atoms with van der Waals surface area (Å²) in [5, 5.41) is 6.34. The minimum atomic E-state index is -3.19. The summed E-state index contributed by atoms with van der Waals surface area (Å²) in [6, 6.07) is 16.2. The van der Waals surface area contributed by atoms with Crippen LogP contribution in [-0.2, 0) is 33.2 Å². The van der Waals surface area contributed by atoms with Gasteiger partial charge in [0.1, 0.15) is 0 Å².